The molecule has 3 rings (SSSR count). The summed E-state index contributed by atoms with van der Waals surface area (Å²) < 4.78 is 5.20. The molecule has 1 saturated heterocycles. The molecule has 8 nitrogen and oxygen atoms in total. The number of piperazine rings is 1. The average Bonchev–Trinajstić information content (AvgIpc) is 2.78. The summed E-state index contributed by atoms with van der Waals surface area (Å²) in [6.45, 7) is 2.40. The van der Waals surface area contributed by atoms with Gasteiger partial charge < -0.3 is 19.9 Å². The summed E-state index contributed by atoms with van der Waals surface area (Å²) in [5.74, 6) is 0.313. The Hall–Kier alpha value is -3.42. The quantitative estimate of drug-likeness (QED) is 0.705. The van der Waals surface area contributed by atoms with Gasteiger partial charge in [0.05, 0.1) is 18.2 Å². The number of benzene rings is 1. The van der Waals surface area contributed by atoms with E-state index in [2.05, 4.69) is 10.3 Å². The predicted molar refractivity (Wildman–Crippen MR) is 107 cm³/mol. The lowest BCUT2D eigenvalue weighted by atomic mass is 10.1. The summed E-state index contributed by atoms with van der Waals surface area (Å²) in [6, 6.07) is 9.23. The molecule has 0 saturated carbocycles. The Morgan fingerprint density at radius 3 is 2.62 bits per heavy atom. The number of nitrogens with zero attached hydrogens (tertiary/aromatic N) is 3. The van der Waals surface area contributed by atoms with Gasteiger partial charge in [-0.15, -0.1) is 0 Å². The highest BCUT2D eigenvalue weighted by molar-refractivity contribution is 5.99. The van der Waals surface area contributed by atoms with Crippen molar-refractivity contribution in [2.45, 2.75) is 6.42 Å². The number of methoxy groups -OCH3 is 1. The molecule has 29 heavy (non-hydrogen) atoms. The van der Waals surface area contributed by atoms with Crippen LogP contribution in [-0.2, 0) is 11.2 Å². The van der Waals surface area contributed by atoms with Crippen molar-refractivity contribution in [1.82, 2.24) is 20.1 Å². The molecule has 1 fully saturated rings. The van der Waals surface area contributed by atoms with Gasteiger partial charge in [0.15, 0.2) is 0 Å². The number of nitrogens with one attached hydrogen (secondary N) is 1. The van der Waals surface area contributed by atoms with Gasteiger partial charge in [0, 0.05) is 45.1 Å². The summed E-state index contributed by atoms with van der Waals surface area (Å²) in [4.78, 5) is 43.3. The molecule has 2 heterocycles. The molecule has 1 aliphatic rings. The topological polar surface area (TPSA) is 91.8 Å². The SMILES string of the molecule is COc1cccc(CCNC(=O)c2cncc(C(=O)N3CCN(C=O)CC3)c2)c1. The van der Waals surface area contributed by atoms with Gasteiger partial charge in [-0.1, -0.05) is 12.1 Å². The van der Waals surface area contributed by atoms with E-state index in [1.54, 1.807) is 23.0 Å². The number of hydrogen-bond donors (Lipinski definition) is 1. The first-order valence-corrected chi connectivity index (χ1v) is 9.45. The number of aromatic nitrogens is 1. The molecule has 1 aromatic heterocycles. The third kappa shape index (κ3) is 5.31. The Kier molecular flexibility index (Phi) is 6.78. The largest absolute Gasteiger partial charge is 0.497 e. The van der Waals surface area contributed by atoms with Crippen molar-refractivity contribution in [3.05, 3.63) is 59.4 Å². The first-order chi connectivity index (χ1) is 14.1. The van der Waals surface area contributed by atoms with Gasteiger partial charge >= 0.3 is 0 Å². The monoisotopic (exact) mass is 396 g/mol. The van der Waals surface area contributed by atoms with Crippen molar-refractivity contribution in [3.8, 4) is 5.75 Å². The van der Waals surface area contributed by atoms with E-state index in [0.717, 1.165) is 17.7 Å². The molecule has 0 bridgehead atoms. The molecule has 0 aliphatic carbocycles. The van der Waals surface area contributed by atoms with Crippen LogP contribution in [0.5, 0.6) is 5.75 Å². The van der Waals surface area contributed by atoms with Gasteiger partial charge in [0.1, 0.15) is 5.75 Å². The summed E-state index contributed by atoms with van der Waals surface area (Å²) in [6.07, 6.45) is 4.36. The van der Waals surface area contributed by atoms with E-state index in [9.17, 15) is 14.4 Å². The molecule has 8 heteroatoms. The van der Waals surface area contributed by atoms with Crippen LogP contribution in [0.15, 0.2) is 42.7 Å². The molecule has 0 atom stereocenters. The van der Waals surface area contributed by atoms with E-state index in [-0.39, 0.29) is 11.8 Å². The Balaban J connectivity index is 1.56. The zero-order valence-corrected chi connectivity index (χ0v) is 16.3. The third-order valence-electron chi connectivity index (χ3n) is 4.83. The lowest BCUT2D eigenvalue weighted by Crippen LogP contribution is -2.48. The number of ether oxygens (including phenoxy) is 1. The average molecular weight is 396 g/mol. The van der Waals surface area contributed by atoms with E-state index in [4.69, 9.17) is 4.74 Å². The minimum Gasteiger partial charge on any atom is -0.497 e. The van der Waals surface area contributed by atoms with Crippen LogP contribution < -0.4 is 10.1 Å². The number of carbonyl (C=O) groups is 3. The van der Waals surface area contributed by atoms with E-state index < -0.39 is 0 Å². The van der Waals surface area contributed by atoms with Crippen LogP contribution in [0.25, 0.3) is 0 Å². The van der Waals surface area contributed by atoms with E-state index in [1.165, 1.54) is 12.4 Å². The highest BCUT2D eigenvalue weighted by Gasteiger charge is 2.22. The second kappa shape index (κ2) is 9.68. The Morgan fingerprint density at radius 2 is 1.90 bits per heavy atom. The van der Waals surface area contributed by atoms with Crippen LogP contribution in [-0.4, -0.2) is 72.8 Å². The standard InChI is InChI=1S/C21H24N4O4/c1-29-19-4-2-3-16(11-19)5-6-23-20(27)17-12-18(14-22-13-17)21(28)25-9-7-24(15-26)8-10-25/h2-4,11-15H,5-10H2,1H3,(H,23,27). The highest BCUT2D eigenvalue weighted by Crippen LogP contribution is 2.13. The molecule has 1 aromatic carbocycles. The molecule has 152 valence electrons. The van der Waals surface area contributed by atoms with Gasteiger partial charge in [0.2, 0.25) is 6.41 Å². The van der Waals surface area contributed by atoms with Crippen LogP contribution in [0.4, 0.5) is 0 Å². The summed E-state index contributed by atoms with van der Waals surface area (Å²) in [5, 5.41) is 2.85. The molecule has 0 radical (unpaired) electrons. The van der Waals surface area contributed by atoms with Gasteiger partial charge in [0.25, 0.3) is 11.8 Å². The molecule has 2 aromatic rings. The number of pyridine rings is 1. The molecular formula is C21H24N4O4. The fourth-order valence-corrected chi connectivity index (χ4v) is 3.14. The van der Waals surface area contributed by atoms with Crippen LogP contribution >= 0.6 is 0 Å². The highest BCUT2D eigenvalue weighted by atomic mass is 16.5. The molecule has 1 aliphatic heterocycles. The second-order valence-corrected chi connectivity index (χ2v) is 6.75. The number of rotatable bonds is 7. The minimum absolute atomic E-state index is 0.186. The first kappa shape index (κ1) is 20.3. The van der Waals surface area contributed by atoms with Crippen LogP contribution in [0.3, 0.4) is 0 Å². The molecule has 0 spiro atoms. The minimum atomic E-state index is -0.277. The summed E-state index contributed by atoms with van der Waals surface area (Å²) in [5.41, 5.74) is 1.76. The van der Waals surface area contributed by atoms with Gasteiger partial charge in [-0.25, -0.2) is 0 Å². The molecular weight excluding hydrogens is 372 g/mol. The number of hydrogen-bond acceptors (Lipinski definition) is 5. The van der Waals surface area contributed by atoms with Crippen LogP contribution in [0, 0.1) is 0 Å². The second-order valence-electron chi connectivity index (χ2n) is 6.75. The predicted octanol–water partition coefficient (Wildman–Crippen LogP) is 0.977. The molecule has 0 unspecified atom stereocenters. The van der Waals surface area contributed by atoms with Gasteiger partial charge in [-0.2, -0.15) is 0 Å². The zero-order chi connectivity index (χ0) is 20.6. The first-order valence-electron chi connectivity index (χ1n) is 9.45. The van der Waals surface area contributed by atoms with E-state index >= 15 is 0 Å². The van der Waals surface area contributed by atoms with Gasteiger partial charge in [-0.05, 0) is 30.2 Å². The van der Waals surface area contributed by atoms with Crippen LogP contribution in [0.1, 0.15) is 26.3 Å². The Labute approximate surface area is 169 Å². The normalized spacial score (nSPS) is 13.7. The summed E-state index contributed by atoms with van der Waals surface area (Å²) >= 11 is 0. The van der Waals surface area contributed by atoms with Crippen molar-refractivity contribution in [2.24, 2.45) is 0 Å². The maximum Gasteiger partial charge on any atom is 0.255 e. The van der Waals surface area contributed by atoms with Crippen molar-refractivity contribution in [1.29, 1.82) is 0 Å². The van der Waals surface area contributed by atoms with Crippen molar-refractivity contribution < 1.29 is 19.1 Å². The van der Waals surface area contributed by atoms with Crippen molar-refractivity contribution in [3.63, 3.8) is 0 Å². The van der Waals surface area contributed by atoms with E-state index in [0.29, 0.717) is 50.3 Å². The Bertz CT molecular complexity index is 878. The molecule has 3 amide bonds. The molecule has 1 N–H and O–H groups in total. The maximum atomic E-state index is 12.7. The van der Waals surface area contributed by atoms with Gasteiger partial charge in [-0.3, -0.25) is 19.4 Å². The zero-order valence-electron chi connectivity index (χ0n) is 16.3. The van der Waals surface area contributed by atoms with Crippen molar-refractivity contribution in [2.75, 3.05) is 39.8 Å². The third-order valence-corrected chi connectivity index (χ3v) is 4.83. The lowest BCUT2D eigenvalue weighted by Gasteiger charge is -2.32. The number of carbonyl (C=O) groups excluding carboxylic acids is 3. The Morgan fingerprint density at radius 1 is 1.14 bits per heavy atom. The maximum absolute atomic E-state index is 12.7. The van der Waals surface area contributed by atoms with Crippen LogP contribution in [0.2, 0.25) is 0 Å². The summed E-state index contributed by atoms with van der Waals surface area (Å²) in [7, 11) is 1.62. The number of amides is 3. The fraction of sp³-hybridized carbons (Fsp3) is 0.333. The van der Waals surface area contributed by atoms with Crippen molar-refractivity contribution >= 4 is 18.2 Å². The van der Waals surface area contributed by atoms with E-state index in [1.807, 2.05) is 24.3 Å². The fourth-order valence-electron chi connectivity index (χ4n) is 3.14. The lowest BCUT2D eigenvalue weighted by molar-refractivity contribution is -0.119. The smallest absolute Gasteiger partial charge is 0.255 e.